The van der Waals surface area contributed by atoms with Gasteiger partial charge in [-0.3, -0.25) is 4.98 Å². The van der Waals surface area contributed by atoms with E-state index in [1.54, 1.807) is 12.4 Å². The van der Waals surface area contributed by atoms with Gasteiger partial charge < -0.3 is 15.6 Å². The zero-order chi connectivity index (χ0) is 13.1. The first-order chi connectivity index (χ1) is 9.34. The summed E-state index contributed by atoms with van der Waals surface area (Å²) in [7, 11) is 0. The number of anilines is 2. The van der Waals surface area contributed by atoms with E-state index in [-0.39, 0.29) is 0 Å². The number of hydrogen-bond donors (Lipinski definition) is 2. The second-order valence-electron chi connectivity index (χ2n) is 4.15. The van der Waals surface area contributed by atoms with Gasteiger partial charge in [0.15, 0.2) is 5.82 Å². The number of aromatic nitrogens is 3. The molecule has 0 spiro atoms. The highest BCUT2D eigenvalue weighted by Gasteiger charge is 2.04. The lowest BCUT2D eigenvalue weighted by molar-refractivity contribution is 0.410. The van der Waals surface area contributed by atoms with E-state index >= 15 is 0 Å². The summed E-state index contributed by atoms with van der Waals surface area (Å²) in [6.07, 6.45) is 5.55. The Labute approximate surface area is 109 Å². The predicted octanol–water partition coefficient (Wildman–Crippen LogP) is 1.85. The van der Waals surface area contributed by atoms with Crippen LogP contribution in [0.15, 0.2) is 41.5 Å². The molecule has 0 aliphatic carbocycles. The molecule has 0 unspecified atom stereocenters. The number of nitrogen functional groups attached to an aromatic ring is 1. The van der Waals surface area contributed by atoms with Gasteiger partial charge in [0.1, 0.15) is 0 Å². The molecule has 6 heteroatoms. The Hall–Kier alpha value is -2.63. The monoisotopic (exact) mass is 255 g/mol. The lowest BCUT2D eigenvalue weighted by Crippen LogP contribution is -2.08. The van der Waals surface area contributed by atoms with Crippen LogP contribution in [0.4, 0.5) is 11.4 Å². The molecule has 96 valence electrons. The summed E-state index contributed by atoms with van der Waals surface area (Å²) in [5, 5.41) is 9.06. The molecule has 2 heterocycles. The van der Waals surface area contributed by atoms with Crippen LogP contribution in [-0.4, -0.2) is 21.7 Å². The van der Waals surface area contributed by atoms with Crippen molar-refractivity contribution in [3.8, 4) is 0 Å². The first kappa shape index (κ1) is 11.5. The molecule has 0 saturated carbocycles. The average Bonchev–Trinajstić information content (AvgIpc) is 2.95. The highest BCUT2D eigenvalue weighted by atomic mass is 16.5. The Kier molecular flexibility index (Phi) is 2.97. The van der Waals surface area contributed by atoms with Gasteiger partial charge in [0.05, 0.1) is 11.4 Å². The standard InChI is InChI=1S/C13H13N5O/c14-13-10-3-5-15-7-9(10)1-2-11(13)16-6-4-12-17-8-19-18-12/h1-3,5,7-8,16H,4,6,14H2. The van der Waals surface area contributed by atoms with E-state index in [4.69, 9.17) is 5.73 Å². The summed E-state index contributed by atoms with van der Waals surface area (Å²) in [5.74, 6) is 0.677. The lowest BCUT2D eigenvalue weighted by atomic mass is 10.1. The third-order valence-corrected chi connectivity index (χ3v) is 2.93. The van der Waals surface area contributed by atoms with Crippen molar-refractivity contribution in [2.45, 2.75) is 6.42 Å². The maximum atomic E-state index is 6.14. The molecule has 3 rings (SSSR count). The molecule has 2 aromatic heterocycles. The van der Waals surface area contributed by atoms with E-state index in [0.717, 1.165) is 22.1 Å². The Balaban J connectivity index is 1.76. The molecule has 3 N–H and O–H groups in total. The minimum absolute atomic E-state index is 0.677. The summed E-state index contributed by atoms with van der Waals surface area (Å²) in [6, 6.07) is 5.86. The number of rotatable bonds is 4. The molecule has 0 aliphatic rings. The van der Waals surface area contributed by atoms with Gasteiger partial charge in [-0.1, -0.05) is 11.2 Å². The quantitative estimate of drug-likeness (QED) is 0.691. The van der Waals surface area contributed by atoms with Crippen molar-refractivity contribution >= 4 is 22.1 Å². The van der Waals surface area contributed by atoms with E-state index in [1.807, 2.05) is 18.2 Å². The summed E-state index contributed by atoms with van der Waals surface area (Å²) in [4.78, 5) is 8.04. The van der Waals surface area contributed by atoms with Gasteiger partial charge in [-0.2, -0.15) is 4.98 Å². The Morgan fingerprint density at radius 3 is 3.05 bits per heavy atom. The zero-order valence-corrected chi connectivity index (χ0v) is 10.2. The summed E-state index contributed by atoms with van der Waals surface area (Å²) < 4.78 is 4.68. The first-order valence-electron chi connectivity index (χ1n) is 5.96. The second kappa shape index (κ2) is 4.93. The van der Waals surface area contributed by atoms with Crippen LogP contribution in [0.25, 0.3) is 10.8 Å². The minimum atomic E-state index is 0.677. The molecule has 0 radical (unpaired) electrons. The Morgan fingerprint density at radius 2 is 2.21 bits per heavy atom. The number of nitrogens with zero attached hydrogens (tertiary/aromatic N) is 3. The highest BCUT2D eigenvalue weighted by molar-refractivity contribution is 5.98. The number of nitrogens with two attached hydrogens (primary N) is 1. The smallest absolute Gasteiger partial charge is 0.213 e. The lowest BCUT2D eigenvalue weighted by Gasteiger charge is -2.10. The number of nitrogens with one attached hydrogen (secondary N) is 1. The normalized spacial score (nSPS) is 10.7. The van der Waals surface area contributed by atoms with Gasteiger partial charge in [0.25, 0.3) is 0 Å². The molecule has 0 atom stereocenters. The van der Waals surface area contributed by atoms with Crippen LogP contribution in [0.1, 0.15) is 5.82 Å². The van der Waals surface area contributed by atoms with Crippen molar-refractivity contribution in [1.29, 1.82) is 0 Å². The average molecular weight is 255 g/mol. The van der Waals surface area contributed by atoms with Gasteiger partial charge in [0, 0.05) is 36.1 Å². The zero-order valence-electron chi connectivity index (χ0n) is 10.2. The fourth-order valence-corrected chi connectivity index (χ4v) is 1.96. The number of benzene rings is 1. The van der Waals surface area contributed by atoms with Crippen LogP contribution in [0, 0.1) is 0 Å². The summed E-state index contributed by atoms with van der Waals surface area (Å²) >= 11 is 0. The second-order valence-corrected chi connectivity index (χ2v) is 4.15. The van der Waals surface area contributed by atoms with Gasteiger partial charge in [-0.15, -0.1) is 0 Å². The third kappa shape index (κ3) is 2.33. The fourth-order valence-electron chi connectivity index (χ4n) is 1.96. The Bertz CT molecular complexity index is 681. The van der Waals surface area contributed by atoms with Crippen molar-refractivity contribution in [2.24, 2.45) is 0 Å². The minimum Gasteiger partial charge on any atom is -0.397 e. The van der Waals surface area contributed by atoms with Crippen LogP contribution in [-0.2, 0) is 6.42 Å². The van der Waals surface area contributed by atoms with E-state index < -0.39 is 0 Å². The third-order valence-electron chi connectivity index (χ3n) is 2.93. The molecule has 0 fully saturated rings. The molecule has 0 amide bonds. The molecule has 3 aromatic rings. The van der Waals surface area contributed by atoms with E-state index in [9.17, 15) is 0 Å². The van der Waals surface area contributed by atoms with Crippen molar-refractivity contribution in [3.63, 3.8) is 0 Å². The van der Waals surface area contributed by atoms with Crippen LogP contribution >= 0.6 is 0 Å². The molecule has 19 heavy (non-hydrogen) atoms. The molecule has 0 bridgehead atoms. The first-order valence-corrected chi connectivity index (χ1v) is 5.96. The molecule has 1 aromatic carbocycles. The number of hydrogen-bond acceptors (Lipinski definition) is 6. The van der Waals surface area contributed by atoms with Gasteiger partial charge in [0.2, 0.25) is 6.39 Å². The maximum absolute atomic E-state index is 6.14. The maximum Gasteiger partial charge on any atom is 0.213 e. The SMILES string of the molecule is Nc1c(NCCc2ncon2)ccc2cnccc12. The van der Waals surface area contributed by atoms with Crippen molar-refractivity contribution in [2.75, 3.05) is 17.6 Å². The topological polar surface area (TPSA) is 89.9 Å². The van der Waals surface area contributed by atoms with Gasteiger partial charge in [-0.25, -0.2) is 0 Å². The van der Waals surface area contributed by atoms with E-state index in [1.165, 1.54) is 6.39 Å². The number of fused-ring (bicyclic) bond motifs is 1. The van der Waals surface area contributed by atoms with Crippen molar-refractivity contribution in [3.05, 3.63) is 42.8 Å². The largest absolute Gasteiger partial charge is 0.397 e. The Morgan fingerprint density at radius 1 is 1.26 bits per heavy atom. The van der Waals surface area contributed by atoms with Crippen LogP contribution in [0.5, 0.6) is 0 Å². The van der Waals surface area contributed by atoms with E-state index in [0.29, 0.717) is 18.8 Å². The van der Waals surface area contributed by atoms with Crippen LogP contribution in [0.3, 0.4) is 0 Å². The number of pyridine rings is 1. The van der Waals surface area contributed by atoms with Crippen LogP contribution in [0.2, 0.25) is 0 Å². The van der Waals surface area contributed by atoms with E-state index in [2.05, 4.69) is 25.0 Å². The van der Waals surface area contributed by atoms with Gasteiger partial charge >= 0.3 is 0 Å². The molecule has 0 saturated heterocycles. The molecular weight excluding hydrogens is 242 g/mol. The molecular formula is C13H13N5O. The molecule has 0 aliphatic heterocycles. The summed E-state index contributed by atoms with van der Waals surface area (Å²) in [6.45, 7) is 0.695. The van der Waals surface area contributed by atoms with Crippen molar-refractivity contribution < 1.29 is 4.52 Å². The van der Waals surface area contributed by atoms with Crippen LogP contribution < -0.4 is 11.1 Å². The highest BCUT2D eigenvalue weighted by Crippen LogP contribution is 2.27. The predicted molar refractivity (Wildman–Crippen MR) is 72.6 cm³/mol. The fraction of sp³-hybridized carbons (Fsp3) is 0.154. The van der Waals surface area contributed by atoms with Crippen molar-refractivity contribution in [1.82, 2.24) is 15.1 Å². The molecule has 6 nitrogen and oxygen atoms in total. The summed E-state index contributed by atoms with van der Waals surface area (Å²) in [5.41, 5.74) is 7.77. The van der Waals surface area contributed by atoms with Gasteiger partial charge in [-0.05, 0) is 12.1 Å².